The number of carbonyl (C=O) groups is 1. The summed E-state index contributed by atoms with van der Waals surface area (Å²) >= 11 is 0. The molecule has 0 bridgehead atoms. The van der Waals surface area contributed by atoms with Crippen LogP contribution in [0.2, 0.25) is 0 Å². The third-order valence-corrected chi connectivity index (χ3v) is 4.15. The second-order valence-electron chi connectivity index (χ2n) is 6.82. The highest BCUT2D eigenvalue weighted by Crippen LogP contribution is 2.38. The largest absolute Gasteiger partial charge is 0.444 e. The number of likely N-dealkylation sites (tertiary alicyclic amines) is 1. The maximum Gasteiger partial charge on any atom is 0.410 e. The van der Waals surface area contributed by atoms with Gasteiger partial charge in [-0.15, -0.1) is 10.2 Å². The normalized spacial score (nSPS) is 24.7. The van der Waals surface area contributed by atoms with Gasteiger partial charge in [-0.3, -0.25) is 0 Å². The van der Waals surface area contributed by atoms with Crippen molar-refractivity contribution >= 4 is 6.09 Å². The molecule has 1 fully saturated rings. The van der Waals surface area contributed by atoms with Crippen LogP contribution in [0.15, 0.2) is 0 Å². The Morgan fingerprint density at radius 2 is 2.14 bits per heavy atom. The summed E-state index contributed by atoms with van der Waals surface area (Å²) in [5.74, 6) is 2.10. The van der Waals surface area contributed by atoms with Gasteiger partial charge >= 0.3 is 6.09 Å². The minimum Gasteiger partial charge on any atom is -0.444 e. The number of nitrogens with zero attached hydrogens (tertiary/aromatic N) is 4. The van der Waals surface area contributed by atoms with Crippen molar-refractivity contribution in [2.75, 3.05) is 13.1 Å². The molecule has 0 aliphatic carbocycles. The van der Waals surface area contributed by atoms with Crippen molar-refractivity contribution in [2.24, 2.45) is 5.92 Å². The number of aliphatic hydroxyl groups excluding tert-OH is 1. The topological polar surface area (TPSA) is 80.5 Å². The molecule has 0 saturated carbocycles. The molecule has 0 aromatic carbocycles. The Morgan fingerprint density at radius 1 is 1.38 bits per heavy atom. The molecule has 1 amide bonds. The van der Waals surface area contributed by atoms with Crippen molar-refractivity contribution in [3.8, 4) is 0 Å². The van der Waals surface area contributed by atoms with Crippen molar-refractivity contribution in [1.29, 1.82) is 0 Å². The van der Waals surface area contributed by atoms with Crippen LogP contribution in [-0.2, 0) is 17.9 Å². The number of hydrogen-bond acceptors (Lipinski definition) is 5. The lowest BCUT2D eigenvalue weighted by Gasteiger charge is -2.24. The molecule has 0 radical (unpaired) electrons. The first-order valence-corrected chi connectivity index (χ1v) is 7.40. The third-order valence-electron chi connectivity index (χ3n) is 4.15. The highest BCUT2D eigenvalue weighted by Gasteiger charge is 2.42. The molecule has 2 aliphatic rings. The zero-order valence-electron chi connectivity index (χ0n) is 12.7. The number of rotatable bonds is 1. The van der Waals surface area contributed by atoms with Crippen molar-refractivity contribution in [2.45, 2.75) is 51.9 Å². The molecule has 2 aliphatic heterocycles. The standard InChI is InChI=1S/C14H22N4O3/c1-14(2,3)21-13(20)17-6-9-4-5-18-11(8-19)15-16-12(18)10(9)7-17/h9-10,19H,4-8H2,1-3H3. The second kappa shape index (κ2) is 4.98. The highest BCUT2D eigenvalue weighted by atomic mass is 16.6. The van der Waals surface area contributed by atoms with E-state index in [2.05, 4.69) is 10.2 Å². The maximum atomic E-state index is 12.2. The Kier molecular flexibility index (Phi) is 3.39. The van der Waals surface area contributed by atoms with E-state index in [9.17, 15) is 9.90 Å². The molecule has 1 saturated heterocycles. The van der Waals surface area contributed by atoms with E-state index in [0.717, 1.165) is 18.8 Å². The zero-order valence-corrected chi connectivity index (χ0v) is 12.7. The van der Waals surface area contributed by atoms with Gasteiger partial charge in [-0.2, -0.15) is 0 Å². The van der Waals surface area contributed by atoms with Crippen molar-refractivity contribution in [3.63, 3.8) is 0 Å². The van der Waals surface area contributed by atoms with Crippen LogP contribution in [0.3, 0.4) is 0 Å². The lowest BCUT2D eigenvalue weighted by Crippen LogP contribution is -2.35. The number of aromatic nitrogens is 3. The summed E-state index contributed by atoms with van der Waals surface area (Å²) < 4.78 is 7.43. The molecule has 0 spiro atoms. The number of ether oxygens (including phenoxy) is 1. The Hall–Kier alpha value is -1.63. The first-order chi connectivity index (χ1) is 9.89. The summed E-state index contributed by atoms with van der Waals surface area (Å²) in [6, 6.07) is 0. The van der Waals surface area contributed by atoms with Crippen LogP contribution in [0, 0.1) is 5.92 Å². The number of hydrogen-bond donors (Lipinski definition) is 1. The first-order valence-electron chi connectivity index (χ1n) is 7.40. The molecular weight excluding hydrogens is 272 g/mol. The Labute approximate surface area is 123 Å². The molecule has 116 valence electrons. The maximum absolute atomic E-state index is 12.2. The van der Waals surface area contributed by atoms with Gasteiger partial charge in [0.15, 0.2) is 5.82 Å². The molecule has 2 atom stereocenters. The zero-order chi connectivity index (χ0) is 15.2. The van der Waals surface area contributed by atoms with Crippen LogP contribution in [0.1, 0.15) is 44.8 Å². The summed E-state index contributed by atoms with van der Waals surface area (Å²) in [6.45, 7) is 7.65. The monoisotopic (exact) mass is 294 g/mol. The quantitative estimate of drug-likeness (QED) is 0.839. The van der Waals surface area contributed by atoms with Crippen LogP contribution in [0.5, 0.6) is 0 Å². The van der Waals surface area contributed by atoms with E-state index in [1.165, 1.54) is 0 Å². The average molecular weight is 294 g/mol. The summed E-state index contributed by atoms with van der Waals surface area (Å²) in [7, 11) is 0. The van der Waals surface area contributed by atoms with Gasteiger partial charge in [0.2, 0.25) is 0 Å². The Bertz CT molecular complexity index is 549. The van der Waals surface area contributed by atoms with E-state index in [0.29, 0.717) is 24.8 Å². The van der Waals surface area contributed by atoms with E-state index in [1.54, 1.807) is 4.90 Å². The lowest BCUT2D eigenvalue weighted by atomic mass is 9.89. The Morgan fingerprint density at radius 3 is 2.81 bits per heavy atom. The molecule has 3 heterocycles. The van der Waals surface area contributed by atoms with E-state index in [1.807, 2.05) is 25.3 Å². The number of amides is 1. The minimum atomic E-state index is -0.477. The minimum absolute atomic E-state index is 0.0971. The molecule has 7 heteroatoms. The lowest BCUT2D eigenvalue weighted by molar-refractivity contribution is 0.0286. The number of carbonyl (C=O) groups excluding carboxylic acids is 1. The van der Waals surface area contributed by atoms with Crippen LogP contribution >= 0.6 is 0 Å². The molecule has 21 heavy (non-hydrogen) atoms. The fourth-order valence-corrected chi connectivity index (χ4v) is 3.21. The van der Waals surface area contributed by atoms with Gasteiger partial charge in [0, 0.05) is 25.6 Å². The van der Waals surface area contributed by atoms with Gasteiger partial charge in [-0.1, -0.05) is 0 Å². The fraction of sp³-hybridized carbons (Fsp3) is 0.786. The van der Waals surface area contributed by atoms with Gasteiger partial charge in [0.05, 0.1) is 0 Å². The predicted octanol–water partition coefficient (Wildman–Crippen LogP) is 1.12. The summed E-state index contributed by atoms with van der Waals surface area (Å²) in [6.07, 6.45) is 0.715. The predicted molar refractivity (Wildman–Crippen MR) is 74.6 cm³/mol. The van der Waals surface area contributed by atoms with Gasteiger partial charge in [0.1, 0.15) is 18.0 Å². The van der Waals surface area contributed by atoms with Crippen molar-refractivity contribution in [3.05, 3.63) is 11.6 Å². The van der Waals surface area contributed by atoms with Crippen LogP contribution < -0.4 is 0 Å². The molecular formula is C14H22N4O3. The molecule has 2 unspecified atom stereocenters. The molecule has 1 aromatic heterocycles. The van der Waals surface area contributed by atoms with Gasteiger partial charge in [-0.05, 0) is 33.1 Å². The average Bonchev–Trinajstić information content (AvgIpc) is 2.99. The van der Waals surface area contributed by atoms with E-state index in [-0.39, 0.29) is 18.6 Å². The van der Waals surface area contributed by atoms with E-state index < -0.39 is 5.60 Å². The van der Waals surface area contributed by atoms with E-state index in [4.69, 9.17) is 4.74 Å². The Balaban J connectivity index is 1.75. The summed E-state index contributed by atoms with van der Waals surface area (Å²) in [5, 5.41) is 17.5. The van der Waals surface area contributed by atoms with Gasteiger partial charge < -0.3 is 19.3 Å². The van der Waals surface area contributed by atoms with Crippen molar-refractivity contribution < 1.29 is 14.6 Å². The molecule has 7 nitrogen and oxygen atoms in total. The van der Waals surface area contributed by atoms with Gasteiger partial charge in [-0.25, -0.2) is 4.79 Å². The third kappa shape index (κ3) is 2.62. The first kappa shape index (κ1) is 14.3. The smallest absolute Gasteiger partial charge is 0.410 e. The van der Waals surface area contributed by atoms with Crippen LogP contribution in [0.25, 0.3) is 0 Å². The molecule has 1 aromatic rings. The number of fused-ring (bicyclic) bond motifs is 3. The molecule has 1 N–H and O–H groups in total. The number of aliphatic hydroxyl groups is 1. The van der Waals surface area contributed by atoms with E-state index >= 15 is 0 Å². The van der Waals surface area contributed by atoms with Gasteiger partial charge in [0.25, 0.3) is 0 Å². The summed E-state index contributed by atoms with van der Waals surface area (Å²) in [4.78, 5) is 14.0. The summed E-state index contributed by atoms with van der Waals surface area (Å²) in [5.41, 5.74) is -0.477. The fourth-order valence-electron chi connectivity index (χ4n) is 3.21. The van der Waals surface area contributed by atoms with Crippen molar-refractivity contribution in [1.82, 2.24) is 19.7 Å². The molecule has 3 rings (SSSR count). The SMILES string of the molecule is CC(C)(C)OC(=O)N1CC2CCn3c(CO)nnc3C2C1. The van der Waals surface area contributed by atoms with Crippen LogP contribution in [0.4, 0.5) is 4.79 Å². The van der Waals surface area contributed by atoms with Crippen LogP contribution in [-0.4, -0.2) is 49.6 Å². The second-order valence-corrected chi connectivity index (χ2v) is 6.82. The highest BCUT2D eigenvalue weighted by molar-refractivity contribution is 5.68.